The monoisotopic (exact) mass is 298 g/mol. The number of aliphatic imine (C=N–C) groups is 1. The van der Waals surface area contributed by atoms with Crippen molar-refractivity contribution >= 4 is 32.5 Å². The maximum atomic E-state index is 12.1. The van der Waals surface area contributed by atoms with E-state index in [2.05, 4.69) is 4.99 Å². The number of sulfonamides is 1. The molecule has 1 heterocycles. The van der Waals surface area contributed by atoms with Gasteiger partial charge in [0.1, 0.15) is 0 Å². The van der Waals surface area contributed by atoms with Crippen molar-refractivity contribution in [1.82, 2.24) is 0 Å². The summed E-state index contributed by atoms with van der Waals surface area (Å²) in [6, 6.07) is 7.43. The molecule has 0 amide bonds. The SMILES string of the molecule is CC(C)N=C1Sc2ccccc2N(S(C)(=O)=O)C1C. The van der Waals surface area contributed by atoms with Gasteiger partial charge < -0.3 is 0 Å². The first kappa shape index (κ1) is 14.4. The van der Waals surface area contributed by atoms with Crippen LogP contribution in [0, 0.1) is 0 Å². The number of thioether (sulfide) groups is 1. The second-order valence-electron chi connectivity index (χ2n) is 4.87. The van der Waals surface area contributed by atoms with E-state index in [4.69, 9.17) is 0 Å². The lowest BCUT2D eigenvalue weighted by atomic mass is 10.2. The van der Waals surface area contributed by atoms with E-state index in [0.29, 0.717) is 0 Å². The molecule has 6 heteroatoms. The van der Waals surface area contributed by atoms with E-state index in [9.17, 15) is 8.42 Å². The zero-order valence-corrected chi connectivity index (χ0v) is 13.1. The van der Waals surface area contributed by atoms with Gasteiger partial charge in [-0.1, -0.05) is 23.9 Å². The zero-order valence-electron chi connectivity index (χ0n) is 11.5. The molecule has 19 heavy (non-hydrogen) atoms. The molecule has 0 fully saturated rings. The van der Waals surface area contributed by atoms with Crippen LogP contribution in [0.3, 0.4) is 0 Å². The number of fused-ring (bicyclic) bond motifs is 1. The molecular formula is C13H18N2O2S2. The molecule has 0 saturated carbocycles. The van der Waals surface area contributed by atoms with Crippen molar-refractivity contribution in [1.29, 1.82) is 0 Å². The van der Waals surface area contributed by atoms with Crippen molar-refractivity contribution in [2.45, 2.75) is 37.8 Å². The van der Waals surface area contributed by atoms with Gasteiger partial charge in [-0.3, -0.25) is 9.30 Å². The summed E-state index contributed by atoms with van der Waals surface area (Å²) in [5, 5.41) is 0.846. The van der Waals surface area contributed by atoms with Gasteiger partial charge in [-0.25, -0.2) is 8.42 Å². The van der Waals surface area contributed by atoms with E-state index >= 15 is 0 Å². The van der Waals surface area contributed by atoms with Gasteiger partial charge in [0.05, 0.1) is 23.0 Å². The van der Waals surface area contributed by atoms with Crippen LogP contribution >= 0.6 is 11.8 Å². The summed E-state index contributed by atoms with van der Waals surface area (Å²) in [5.74, 6) is 0. The number of para-hydroxylation sites is 1. The van der Waals surface area contributed by atoms with Crippen molar-refractivity contribution in [2.24, 2.45) is 4.99 Å². The van der Waals surface area contributed by atoms with Gasteiger partial charge in [-0.15, -0.1) is 0 Å². The molecule has 0 aliphatic carbocycles. The Morgan fingerprint density at radius 2 is 1.95 bits per heavy atom. The number of nitrogens with zero attached hydrogens (tertiary/aromatic N) is 2. The van der Waals surface area contributed by atoms with Crippen LogP contribution in [0.5, 0.6) is 0 Å². The van der Waals surface area contributed by atoms with Crippen molar-refractivity contribution in [3.05, 3.63) is 24.3 Å². The van der Waals surface area contributed by atoms with E-state index in [1.807, 2.05) is 45.0 Å². The number of anilines is 1. The molecule has 0 bridgehead atoms. The van der Waals surface area contributed by atoms with Crippen molar-refractivity contribution in [2.75, 3.05) is 10.6 Å². The van der Waals surface area contributed by atoms with E-state index in [-0.39, 0.29) is 12.1 Å². The second-order valence-corrected chi connectivity index (χ2v) is 7.79. The van der Waals surface area contributed by atoms with Crippen LogP contribution in [0.4, 0.5) is 5.69 Å². The molecule has 0 N–H and O–H groups in total. The predicted octanol–water partition coefficient (Wildman–Crippen LogP) is 2.75. The van der Waals surface area contributed by atoms with Crippen LogP contribution < -0.4 is 4.31 Å². The van der Waals surface area contributed by atoms with Crippen LogP contribution in [0.1, 0.15) is 20.8 Å². The summed E-state index contributed by atoms with van der Waals surface area (Å²) < 4.78 is 25.6. The molecule has 0 aromatic heterocycles. The average Bonchev–Trinajstić information content (AvgIpc) is 2.27. The quantitative estimate of drug-likeness (QED) is 0.843. The minimum Gasteiger partial charge on any atom is -0.278 e. The summed E-state index contributed by atoms with van der Waals surface area (Å²) in [5.41, 5.74) is 0.741. The number of benzene rings is 1. The third-order valence-corrected chi connectivity index (χ3v) is 5.22. The topological polar surface area (TPSA) is 49.7 Å². The Morgan fingerprint density at radius 3 is 2.53 bits per heavy atom. The highest BCUT2D eigenvalue weighted by molar-refractivity contribution is 8.14. The van der Waals surface area contributed by atoms with Crippen molar-refractivity contribution in [3.63, 3.8) is 0 Å². The standard InChI is InChI=1S/C13H18N2O2S2/c1-9(2)14-13-10(3)15(19(4,16)17)11-7-5-6-8-12(11)18-13/h5-10H,1-4H3. The fourth-order valence-electron chi connectivity index (χ4n) is 2.09. The molecule has 0 spiro atoms. The number of hydrogen-bond donors (Lipinski definition) is 0. The predicted molar refractivity (Wildman–Crippen MR) is 81.7 cm³/mol. The Morgan fingerprint density at radius 1 is 1.32 bits per heavy atom. The van der Waals surface area contributed by atoms with Gasteiger partial charge in [-0.2, -0.15) is 0 Å². The molecule has 1 unspecified atom stereocenters. The third-order valence-electron chi connectivity index (χ3n) is 2.77. The normalized spacial score (nSPS) is 21.8. The van der Waals surface area contributed by atoms with Gasteiger partial charge in [0, 0.05) is 10.9 Å². The molecule has 1 aromatic rings. The highest BCUT2D eigenvalue weighted by atomic mass is 32.2. The van der Waals surface area contributed by atoms with Crippen LogP contribution in [-0.2, 0) is 10.0 Å². The second kappa shape index (κ2) is 5.17. The van der Waals surface area contributed by atoms with Gasteiger partial charge in [0.15, 0.2) is 0 Å². The van der Waals surface area contributed by atoms with Crippen LogP contribution in [0.15, 0.2) is 34.2 Å². The fourth-order valence-corrected chi connectivity index (χ4v) is 4.58. The summed E-state index contributed by atoms with van der Waals surface area (Å²) in [6.07, 6.45) is 1.24. The van der Waals surface area contributed by atoms with Crippen molar-refractivity contribution < 1.29 is 8.42 Å². The Balaban J connectivity index is 2.59. The number of rotatable bonds is 2. The fraction of sp³-hybridized carbons (Fsp3) is 0.462. The Hall–Kier alpha value is -1.01. The molecule has 1 atom stereocenters. The molecule has 1 aliphatic rings. The van der Waals surface area contributed by atoms with Crippen molar-refractivity contribution in [3.8, 4) is 0 Å². The maximum absolute atomic E-state index is 12.1. The van der Waals surface area contributed by atoms with Crippen LogP contribution in [-0.4, -0.2) is 31.8 Å². The number of hydrogen-bond acceptors (Lipinski definition) is 4. The van der Waals surface area contributed by atoms with Gasteiger partial charge in [-0.05, 0) is 32.9 Å². The largest absolute Gasteiger partial charge is 0.278 e. The Bertz CT molecular complexity index is 609. The van der Waals surface area contributed by atoms with E-state index in [1.165, 1.54) is 10.6 Å². The highest BCUT2D eigenvalue weighted by Crippen LogP contribution is 2.40. The van der Waals surface area contributed by atoms with E-state index in [1.54, 1.807) is 11.8 Å². The average molecular weight is 298 g/mol. The van der Waals surface area contributed by atoms with E-state index in [0.717, 1.165) is 15.6 Å². The van der Waals surface area contributed by atoms with Gasteiger partial charge in [0.2, 0.25) is 10.0 Å². The molecule has 4 nitrogen and oxygen atoms in total. The molecule has 0 saturated heterocycles. The first-order chi connectivity index (χ1) is 8.80. The minimum atomic E-state index is -3.32. The lowest BCUT2D eigenvalue weighted by Gasteiger charge is -2.35. The summed E-state index contributed by atoms with van der Waals surface area (Å²) in [4.78, 5) is 5.49. The first-order valence-corrected chi connectivity index (χ1v) is 8.81. The molecule has 2 rings (SSSR count). The van der Waals surface area contributed by atoms with Crippen LogP contribution in [0.2, 0.25) is 0 Å². The summed E-state index contributed by atoms with van der Waals surface area (Å²) in [7, 11) is -3.32. The molecular weight excluding hydrogens is 280 g/mol. The summed E-state index contributed by atoms with van der Waals surface area (Å²) in [6.45, 7) is 5.86. The third kappa shape index (κ3) is 2.95. The van der Waals surface area contributed by atoms with Gasteiger partial charge in [0.25, 0.3) is 0 Å². The smallest absolute Gasteiger partial charge is 0.232 e. The lowest BCUT2D eigenvalue weighted by Crippen LogP contribution is -2.44. The molecule has 1 aliphatic heterocycles. The lowest BCUT2D eigenvalue weighted by molar-refractivity contribution is 0.594. The molecule has 104 valence electrons. The van der Waals surface area contributed by atoms with E-state index < -0.39 is 10.0 Å². The highest BCUT2D eigenvalue weighted by Gasteiger charge is 2.34. The maximum Gasteiger partial charge on any atom is 0.232 e. The zero-order chi connectivity index (χ0) is 14.2. The first-order valence-electron chi connectivity index (χ1n) is 6.14. The Kier molecular flexibility index (Phi) is 3.92. The summed E-state index contributed by atoms with van der Waals surface area (Å²) >= 11 is 1.56. The molecule has 0 radical (unpaired) electrons. The van der Waals surface area contributed by atoms with Gasteiger partial charge >= 0.3 is 0 Å². The van der Waals surface area contributed by atoms with Crippen LogP contribution in [0.25, 0.3) is 0 Å². The minimum absolute atomic E-state index is 0.150. The molecule has 1 aromatic carbocycles. The Labute approximate surface area is 119 Å².